The predicted molar refractivity (Wildman–Crippen MR) is 93.3 cm³/mol. The van der Waals surface area contributed by atoms with Crippen molar-refractivity contribution in [3.05, 3.63) is 54.1 Å². The van der Waals surface area contributed by atoms with Crippen LogP contribution in [-0.4, -0.2) is 24.9 Å². The lowest BCUT2D eigenvalue weighted by Crippen LogP contribution is -2.19. The molecular formula is C17H18N2O3S. The van der Waals surface area contributed by atoms with Gasteiger partial charge < -0.3 is 15.4 Å². The van der Waals surface area contributed by atoms with Crippen LogP contribution >= 0.6 is 11.8 Å². The summed E-state index contributed by atoms with van der Waals surface area (Å²) in [5, 5.41) is 5.48. The molecule has 2 rings (SSSR count). The van der Waals surface area contributed by atoms with E-state index >= 15 is 0 Å². The van der Waals surface area contributed by atoms with Crippen LogP contribution in [0.25, 0.3) is 0 Å². The quantitative estimate of drug-likeness (QED) is 0.636. The summed E-state index contributed by atoms with van der Waals surface area (Å²) in [6.07, 6.45) is 1.98. The molecule has 0 atom stereocenters. The van der Waals surface area contributed by atoms with Gasteiger partial charge in [-0.15, -0.1) is 11.8 Å². The second-order valence-electron chi connectivity index (χ2n) is 4.61. The van der Waals surface area contributed by atoms with E-state index in [-0.39, 0.29) is 12.0 Å². The fraction of sp³-hybridized carbons (Fsp3) is 0.176. The molecule has 2 aromatic rings. The topological polar surface area (TPSA) is 67.4 Å². The number of ether oxygens (including phenoxy) is 1. The Morgan fingerprint density at radius 2 is 1.74 bits per heavy atom. The monoisotopic (exact) mass is 330 g/mol. The van der Waals surface area contributed by atoms with Crippen LogP contribution in [0.3, 0.4) is 0 Å². The van der Waals surface area contributed by atoms with Crippen LogP contribution in [0.1, 0.15) is 17.3 Å². The summed E-state index contributed by atoms with van der Waals surface area (Å²) in [6, 6.07) is 13.8. The number of hydrogen-bond acceptors (Lipinski definition) is 4. The molecule has 0 aliphatic rings. The summed E-state index contributed by atoms with van der Waals surface area (Å²) in [5.41, 5.74) is 1.76. The van der Waals surface area contributed by atoms with Gasteiger partial charge in [-0.25, -0.2) is 9.59 Å². The van der Waals surface area contributed by atoms with E-state index in [1.54, 1.807) is 43.0 Å². The molecule has 0 spiro atoms. The molecule has 23 heavy (non-hydrogen) atoms. The van der Waals surface area contributed by atoms with Crippen molar-refractivity contribution in [3.8, 4) is 0 Å². The number of nitrogens with one attached hydrogen (secondary N) is 2. The zero-order chi connectivity index (χ0) is 16.7. The van der Waals surface area contributed by atoms with E-state index in [4.69, 9.17) is 4.74 Å². The molecule has 5 nitrogen and oxygen atoms in total. The van der Waals surface area contributed by atoms with Gasteiger partial charge in [0.25, 0.3) is 0 Å². The van der Waals surface area contributed by atoms with E-state index in [1.807, 2.05) is 30.5 Å². The van der Waals surface area contributed by atoms with Gasteiger partial charge in [0.2, 0.25) is 0 Å². The molecule has 2 amide bonds. The first kappa shape index (κ1) is 16.9. The lowest BCUT2D eigenvalue weighted by molar-refractivity contribution is 0.0526. The Labute approximate surface area is 139 Å². The van der Waals surface area contributed by atoms with Crippen molar-refractivity contribution in [1.29, 1.82) is 0 Å². The van der Waals surface area contributed by atoms with Gasteiger partial charge in [0, 0.05) is 16.3 Å². The van der Waals surface area contributed by atoms with Crippen molar-refractivity contribution in [2.24, 2.45) is 0 Å². The Kier molecular flexibility index (Phi) is 6.05. The molecule has 0 saturated heterocycles. The zero-order valence-electron chi connectivity index (χ0n) is 13.0. The summed E-state index contributed by atoms with van der Waals surface area (Å²) in [6.45, 7) is 2.08. The second kappa shape index (κ2) is 8.24. The normalized spacial score (nSPS) is 10.0. The highest BCUT2D eigenvalue weighted by atomic mass is 32.2. The third kappa shape index (κ3) is 5.03. The highest BCUT2D eigenvalue weighted by molar-refractivity contribution is 7.98. The average molecular weight is 330 g/mol. The zero-order valence-corrected chi connectivity index (χ0v) is 13.8. The van der Waals surface area contributed by atoms with Gasteiger partial charge in [-0.2, -0.15) is 0 Å². The largest absolute Gasteiger partial charge is 0.462 e. The van der Waals surface area contributed by atoms with Crippen LogP contribution in [0, 0.1) is 0 Å². The molecule has 6 heteroatoms. The molecule has 2 N–H and O–H groups in total. The SMILES string of the molecule is CCOC(=O)c1ccc(NC(=O)Nc2cccc(SC)c2)cc1. The lowest BCUT2D eigenvalue weighted by Gasteiger charge is -2.09. The van der Waals surface area contributed by atoms with E-state index in [9.17, 15) is 9.59 Å². The number of benzene rings is 2. The molecule has 0 aromatic heterocycles. The third-order valence-electron chi connectivity index (χ3n) is 2.98. The summed E-state index contributed by atoms with van der Waals surface area (Å²) in [5.74, 6) is -0.377. The van der Waals surface area contributed by atoms with Crippen molar-refractivity contribution in [2.45, 2.75) is 11.8 Å². The molecule has 0 bridgehead atoms. The number of thioether (sulfide) groups is 1. The number of carbonyl (C=O) groups excluding carboxylic acids is 2. The number of carbonyl (C=O) groups is 2. The van der Waals surface area contributed by atoms with Gasteiger partial charge in [0.15, 0.2) is 0 Å². The van der Waals surface area contributed by atoms with Gasteiger partial charge in [0.1, 0.15) is 0 Å². The molecule has 120 valence electrons. The maximum absolute atomic E-state index is 12.0. The lowest BCUT2D eigenvalue weighted by atomic mass is 10.2. The summed E-state index contributed by atoms with van der Waals surface area (Å²) < 4.78 is 4.91. The average Bonchev–Trinajstić information content (AvgIpc) is 2.55. The Hall–Kier alpha value is -2.47. The summed E-state index contributed by atoms with van der Waals surface area (Å²) in [4.78, 5) is 24.6. The number of esters is 1. The van der Waals surface area contributed by atoms with E-state index in [1.165, 1.54) is 0 Å². The summed E-state index contributed by atoms with van der Waals surface area (Å²) >= 11 is 1.61. The number of urea groups is 1. The number of hydrogen-bond donors (Lipinski definition) is 2. The Morgan fingerprint density at radius 1 is 1.04 bits per heavy atom. The molecule has 0 saturated carbocycles. The first-order chi connectivity index (χ1) is 11.1. The number of anilines is 2. The van der Waals surface area contributed by atoms with Crippen molar-refractivity contribution in [3.63, 3.8) is 0 Å². The van der Waals surface area contributed by atoms with Crippen LogP contribution < -0.4 is 10.6 Å². The van der Waals surface area contributed by atoms with Crippen molar-refractivity contribution >= 4 is 35.1 Å². The van der Waals surface area contributed by atoms with Crippen molar-refractivity contribution in [2.75, 3.05) is 23.5 Å². The second-order valence-corrected chi connectivity index (χ2v) is 5.49. The predicted octanol–water partition coefficient (Wildman–Crippen LogP) is 4.23. The smallest absolute Gasteiger partial charge is 0.338 e. The van der Waals surface area contributed by atoms with Crippen molar-refractivity contribution < 1.29 is 14.3 Å². The standard InChI is InChI=1S/C17H18N2O3S/c1-3-22-16(20)12-7-9-13(10-8-12)18-17(21)19-14-5-4-6-15(11-14)23-2/h4-11H,3H2,1-2H3,(H2,18,19,21). The highest BCUT2D eigenvalue weighted by Crippen LogP contribution is 2.19. The first-order valence-electron chi connectivity index (χ1n) is 7.11. The summed E-state index contributed by atoms with van der Waals surface area (Å²) in [7, 11) is 0. The van der Waals surface area contributed by atoms with Gasteiger partial charge in [-0.05, 0) is 55.6 Å². The molecule has 0 heterocycles. The van der Waals surface area contributed by atoms with Crippen LogP contribution in [0.5, 0.6) is 0 Å². The highest BCUT2D eigenvalue weighted by Gasteiger charge is 2.07. The molecule has 0 radical (unpaired) electrons. The molecule has 2 aromatic carbocycles. The maximum Gasteiger partial charge on any atom is 0.338 e. The van der Waals surface area contributed by atoms with Crippen LogP contribution in [-0.2, 0) is 4.74 Å². The fourth-order valence-corrected chi connectivity index (χ4v) is 2.36. The van der Waals surface area contributed by atoms with Gasteiger partial charge >= 0.3 is 12.0 Å². The van der Waals surface area contributed by atoms with Gasteiger partial charge in [0.05, 0.1) is 12.2 Å². The van der Waals surface area contributed by atoms with E-state index < -0.39 is 0 Å². The molecule has 0 aliphatic carbocycles. The Morgan fingerprint density at radius 3 is 2.39 bits per heavy atom. The number of rotatable bonds is 5. The molecule has 0 aliphatic heterocycles. The van der Waals surface area contributed by atoms with Crippen LogP contribution in [0.15, 0.2) is 53.4 Å². The van der Waals surface area contributed by atoms with E-state index in [2.05, 4.69) is 10.6 Å². The fourth-order valence-electron chi connectivity index (χ4n) is 1.90. The van der Waals surface area contributed by atoms with Crippen LogP contribution in [0.4, 0.5) is 16.2 Å². The van der Waals surface area contributed by atoms with Gasteiger partial charge in [-0.3, -0.25) is 0 Å². The minimum Gasteiger partial charge on any atom is -0.462 e. The maximum atomic E-state index is 12.0. The molecule has 0 fully saturated rings. The van der Waals surface area contributed by atoms with E-state index in [0.717, 1.165) is 10.6 Å². The van der Waals surface area contributed by atoms with E-state index in [0.29, 0.717) is 17.9 Å². The Bertz CT molecular complexity index is 686. The third-order valence-corrected chi connectivity index (χ3v) is 3.71. The Balaban J connectivity index is 1.96. The minimum absolute atomic E-state index is 0.330. The minimum atomic E-state index is -0.377. The molecular weight excluding hydrogens is 312 g/mol. The first-order valence-corrected chi connectivity index (χ1v) is 8.34. The van der Waals surface area contributed by atoms with Crippen molar-refractivity contribution in [1.82, 2.24) is 0 Å². The molecule has 0 unspecified atom stereocenters. The van der Waals surface area contributed by atoms with Crippen LogP contribution in [0.2, 0.25) is 0 Å². The van der Waals surface area contributed by atoms with Gasteiger partial charge in [-0.1, -0.05) is 6.07 Å². The number of amides is 2.